The summed E-state index contributed by atoms with van der Waals surface area (Å²) >= 11 is 0. The first-order chi connectivity index (χ1) is 5.61. The zero-order valence-corrected chi connectivity index (χ0v) is 6.67. The van der Waals surface area contributed by atoms with E-state index >= 15 is 0 Å². The molecule has 1 unspecified atom stereocenters. The van der Waals surface area contributed by atoms with Crippen LogP contribution in [-0.4, -0.2) is 20.5 Å². The Morgan fingerprint density at radius 3 is 3.08 bits per heavy atom. The van der Waals surface area contributed by atoms with E-state index in [1.54, 1.807) is 6.92 Å². The molecule has 0 aliphatic carbocycles. The highest BCUT2D eigenvalue weighted by molar-refractivity contribution is 5.14. The predicted molar refractivity (Wildman–Crippen MR) is 42.5 cm³/mol. The molecule has 66 valence electrons. The second kappa shape index (κ2) is 3.31. The maximum Gasteiger partial charge on any atom is 0.342 e. The van der Waals surface area contributed by atoms with E-state index in [-0.39, 0.29) is 11.9 Å². The fourth-order valence-corrected chi connectivity index (χ4v) is 0.917. The van der Waals surface area contributed by atoms with E-state index < -0.39 is 4.92 Å². The van der Waals surface area contributed by atoms with Crippen LogP contribution in [0.15, 0.2) is 12.5 Å². The van der Waals surface area contributed by atoms with Crippen LogP contribution in [0.2, 0.25) is 0 Å². The molecule has 0 saturated heterocycles. The quantitative estimate of drug-likeness (QED) is 0.516. The van der Waals surface area contributed by atoms with Crippen LogP contribution in [0.5, 0.6) is 0 Å². The fourth-order valence-electron chi connectivity index (χ4n) is 0.917. The van der Waals surface area contributed by atoms with Gasteiger partial charge in [0.05, 0.1) is 0 Å². The summed E-state index contributed by atoms with van der Waals surface area (Å²) in [5, 5.41) is 10.4. The molecule has 0 aromatic carbocycles. The molecular weight excluding hydrogens is 160 g/mol. The SMILES string of the molecule is CC(N)Cn1cncc1[N+](=O)[O-]. The lowest BCUT2D eigenvalue weighted by Crippen LogP contribution is -2.22. The molecule has 1 rings (SSSR count). The van der Waals surface area contributed by atoms with Gasteiger partial charge in [0, 0.05) is 6.04 Å². The van der Waals surface area contributed by atoms with Gasteiger partial charge in [-0.25, -0.2) is 9.55 Å². The first-order valence-corrected chi connectivity index (χ1v) is 3.51. The van der Waals surface area contributed by atoms with E-state index in [1.807, 2.05) is 0 Å². The zero-order valence-electron chi connectivity index (χ0n) is 6.67. The van der Waals surface area contributed by atoms with Gasteiger partial charge in [-0.1, -0.05) is 0 Å². The topological polar surface area (TPSA) is 87.0 Å². The minimum Gasteiger partial charge on any atom is -0.358 e. The number of imidazole rings is 1. The number of nitrogens with two attached hydrogens (primary N) is 1. The van der Waals surface area contributed by atoms with Crippen LogP contribution >= 0.6 is 0 Å². The number of rotatable bonds is 3. The number of hydrogen-bond acceptors (Lipinski definition) is 4. The Morgan fingerprint density at radius 2 is 2.58 bits per heavy atom. The molecule has 0 radical (unpaired) electrons. The average Bonchev–Trinajstić information content (AvgIpc) is 2.33. The van der Waals surface area contributed by atoms with Crippen molar-refractivity contribution >= 4 is 5.82 Å². The van der Waals surface area contributed by atoms with Crippen molar-refractivity contribution in [3.8, 4) is 0 Å². The summed E-state index contributed by atoms with van der Waals surface area (Å²) in [7, 11) is 0. The fraction of sp³-hybridized carbons (Fsp3) is 0.500. The van der Waals surface area contributed by atoms with Gasteiger partial charge in [-0.05, 0) is 11.8 Å². The molecule has 1 heterocycles. The van der Waals surface area contributed by atoms with Crippen molar-refractivity contribution in [1.82, 2.24) is 9.55 Å². The van der Waals surface area contributed by atoms with Gasteiger partial charge in [-0.3, -0.25) is 0 Å². The number of aromatic nitrogens is 2. The zero-order chi connectivity index (χ0) is 9.14. The summed E-state index contributed by atoms with van der Waals surface area (Å²) in [5.74, 6) is -0.0210. The molecule has 0 spiro atoms. The Labute approximate surface area is 69.2 Å². The van der Waals surface area contributed by atoms with Crippen molar-refractivity contribution in [2.45, 2.75) is 19.5 Å². The summed E-state index contributed by atoms with van der Waals surface area (Å²) < 4.78 is 1.42. The molecule has 1 aromatic heterocycles. The molecule has 0 fully saturated rings. The highest BCUT2D eigenvalue weighted by Crippen LogP contribution is 2.09. The molecule has 12 heavy (non-hydrogen) atoms. The van der Waals surface area contributed by atoms with Crippen LogP contribution in [-0.2, 0) is 6.54 Å². The van der Waals surface area contributed by atoms with Crippen molar-refractivity contribution in [3.63, 3.8) is 0 Å². The molecule has 0 aliphatic rings. The Hall–Kier alpha value is -1.43. The number of nitro groups is 1. The minimum absolute atomic E-state index is 0.0210. The lowest BCUT2D eigenvalue weighted by atomic mass is 10.4. The standard InChI is InChI=1S/C6H10N4O2/c1-5(7)3-9-4-8-2-6(9)10(11)12/h2,4-5H,3,7H2,1H3. The van der Waals surface area contributed by atoms with Crippen molar-refractivity contribution in [3.05, 3.63) is 22.6 Å². The average molecular weight is 170 g/mol. The van der Waals surface area contributed by atoms with Gasteiger partial charge in [0.15, 0.2) is 6.33 Å². The third-order valence-electron chi connectivity index (χ3n) is 1.36. The summed E-state index contributed by atoms with van der Waals surface area (Å²) in [6.45, 7) is 2.19. The van der Waals surface area contributed by atoms with Gasteiger partial charge in [-0.2, -0.15) is 0 Å². The van der Waals surface area contributed by atoms with E-state index in [4.69, 9.17) is 5.73 Å². The molecule has 6 nitrogen and oxygen atoms in total. The van der Waals surface area contributed by atoms with Crippen molar-refractivity contribution in [2.75, 3.05) is 0 Å². The molecule has 0 bridgehead atoms. The molecule has 0 aliphatic heterocycles. The molecular formula is C6H10N4O2. The summed E-state index contributed by atoms with van der Waals surface area (Å²) in [6.07, 6.45) is 2.61. The second-order valence-electron chi connectivity index (χ2n) is 2.64. The molecule has 6 heteroatoms. The molecule has 0 amide bonds. The lowest BCUT2D eigenvalue weighted by molar-refractivity contribution is -0.392. The van der Waals surface area contributed by atoms with Gasteiger partial charge >= 0.3 is 5.82 Å². The van der Waals surface area contributed by atoms with E-state index in [1.165, 1.54) is 17.1 Å². The lowest BCUT2D eigenvalue weighted by Gasteiger charge is -2.02. The van der Waals surface area contributed by atoms with Gasteiger partial charge in [0.2, 0.25) is 0 Å². The van der Waals surface area contributed by atoms with Crippen LogP contribution < -0.4 is 5.73 Å². The van der Waals surface area contributed by atoms with Gasteiger partial charge in [-0.15, -0.1) is 0 Å². The Balaban J connectivity index is 2.84. The van der Waals surface area contributed by atoms with Crippen LogP contribution in [0, 0.1) is 10.1 Å². The van der Waals surface area contributed by atoms with Crippen LogP contribution in [0.3, 0.4) is 0 Å². The molecule has 1 aromatic rings. The normalized spacial score (nSPS) is 12.8. The van der Waals surface area contributed by atoms with E-state index in [9.17, 15) is 10.1 Å². The summed E-state index contributed by atoms with van der Waals surface area (Å²) in [4.78, 5) is 13.6. The van der Waals surface area contributed by atoms with E-state index in [0.717, 1.165) is 0 Å². The molecule has 0 saturated carbocycles. The van der Waals surface area contributed by atoms with Crippen LogP contribution in [0.4, 0.5) is 5.82 Å². The monoisotopic (exact) mass is 170 g/mol. The summed E-state index contributed by atoms with van der Waals surface area (Å²) in [5.41, 5.74) is 5.48. The maximum absolute atomic E-state index is 10.4. The molecule has 2 N–H and O–H groups in total. The molecule has 1 atom stereocenters. The van der Waals surface area contributed by atoms with Gasteiger partial charge in [0.25, 0.3) is 0 Å². The minimum atomic E-state index is -0.477. The largest absolute Gasteiger partial charge is 0.358 e. The van der Waals surface area contributed by atoms with Gasteiger partial charge in [0.1, 0.15) is 12.7 Å². The highest BCUT2D eigenvalue weighted by atomic mass is 16.6. The maximum atomic E-state index is 10.4. The van der Waals surface area contributed by atoms with Crippen LogP contribution in [0.1, 0.15) is 6.92 Å². The van der Waals surface area contributed by atoms with E-state index in [2.05, 4.69) is 4.98 Å². The Bertz CT molecular complexity index is 281. The number of hydrogen-bond donors (Lipinski definition) is 1. The smallest absolute Gasteiger partial charge is 0.342 e. The predicted octanol–water partition coefficient (Wildman–Crippen LogP) is 0.138. The van der Waals surface area contributed by atoms with Crippen molar-refractivity contribution < 1.29 is 4.92 Å². The Kier molecular flexibility index (Phi) is 2.39. The van der Waals surface area contributed by atoms with Gasteiger partial charge < -0.3 is 15.8 Å². The van der Waals surface area contributed by atoms with E-state index in [0.29, 0.717) is 6.54 Å². The first kappa shape index (κ1) is 8.66. The summed E-state index contributed by atoms with van der Waals surface area (Å²) in [6, 6.07) is -0.113. The Morgan fingerprint density at radius 1 is 1.92 bits per heavy atom. The second-order valence-corrected chi connectivity index (χ2v) is 2.64. The van der Waals surface area contributed by atoms with Crippen molar-refractivity contribution in [2.24, 2.45) is 5.73 Å². The number of nitrogens with zero attached hydrogens (tertiary/aromatic N) is 3. The van der Waals surface area contributed by atoms with Crippen molar-refractivity contribution in [1.29, 1.82) is 0 Å². The first-order valence-electron chi connectivity index (χ1n) is 3.51. The third kappa shape index (κ3) is 1.79. The third-order valence-corrected chi connectivity index (χ3v) is 1.36. The van der Waals surface area contributed by atoms with Crippen LogP contribution in [0.25, 0.3) is 0 Å². The highest BCUT2D eigenvalue weighted by Gasteiger charge is 2.13.